The molecule has 0 saturated heterocycles. The lowest BCUT2D eigenvalue weighted by Gasteiger charge is -2.12. The number of phenolic OH excluding ortho intramolecular Hbond substituents is 1. The molecule has 4 N–H and O–H groups in total. The molecule has 2 aromatic carbocycles. The zero-order valence-corrected chi connectivity index (χ0v) is 26.1. The predicted molar refractivity (Wildman–Crippen MR) is 160 cm³/mol. The molecule has 2 rings (SSSR count). The van der Waals surface area contributed by atoms with E-state index in [4.69, 9.17) is 4.55 Å². The minimum Gasteiger partial charge on any atom is -0.507 e. The summed E-state index contributed by atoms with van der Waals surface area (Å²) in [7, 11) is -1.83. The number of nitrogens with one attached hydrogen (secondary N) is 2. The van der Waals surface area contributed by atoms with E-state index in [9.17, 15) is 32.9 Å². The van der Waals surface area contributed by atoms with Crippen molar-refractivity contribution in [2.75, 3.05) is 24.6 Å². The van der Waals surface area contributed by atoms with Gasteiger partial charge in [0.25, 0.3) is 0 Å². The number of benzene rings is 2. The van der Waals surface area contributed by atoms with E-state index in [1.165, 1.54) is 45.9 Å². The van der Waals surface area contributed by atoms with Crippen LogP contribution in [0, 0.1) is 9.81 Å². The molecule has 2 aromatic rings. The van der Waals surface area contributed by atoms with Crippen LogP contribution in [0.25, 0.3) is 0 Å². The van der Waals surface area contributed by atoms with Gasteiger partial charge in [-0.2, -0.15) is 8.42 Å². The topological polar surface area (TPSA) is 201 Å². The Hall–Kier alpha value is -2.25. The number of amides is 2. The number of phenols is 1. The van der Waals surface area contributed by atoms with Crippen molar-refractivity contribution in [2.45, 2.75) is 24.9 Å². The highest BCUT2D eigenvalue weighted by atomic mass is 79.9. The van der Waals surface area contributed by atoms with Crippen molar-refractivity contribution < 1.29 is 31.8 Å². The van der Waals surface area contributed by atoms with Crippen LogP contribution in [0.5, 0.6) is 11.5 Å². The lowest BCUT2D eigenvalue weighted by Crippen LogP contribution is -2.36. The van der Waals surface area contributed by atoms with E-state index in [0.717, 1.165) is 0 Å². The molecule has 0 aliphatic heterocycles. The van der Waals surface area contributed by atoms with E-state index >= 15 is 0 Å². The van der Waals surface area contributed by atoms with Gasteiger partial charge in [0.2, 0.25) is 11.8 Å². The van der Waals surface area contributed by atoms with Crippen molar-refractivity contribution in [3.8, 4) is 11.5 Å². The second-order valence-electron chi connectivity index (χ2n) is 7.94. The monoisotopic (exact) mass is 742 g/mol. The van der Waals surface area contributed by atoms with Gasteiger partial charge in [-0.3, -0.25) is 14.1 Å². The second kappa shape index (κ2) is 16.9. The van der Waals surface area contributed by atoms with Crippen LogP contribution in [0.4, 0.5) is 0 Å². The van der Waals surface area contributed by atoms with Gasteiger partial charge in [0, 0.05) is 37.4 Å². The van der Waals surface area contributed by atoms with Crippen LogP contribution in [0.1, 0.15) is 11.1 Å². The van der Waals surface area contributed by atoms with Crippen molar-refractivity contribution in [3.63, 3.8) is 0 Å². The van der Waals surface area contributed by atoms with Gasteiger partial charge < -0.3 is 19.9 Å². The van der Waals surface area contributed by atoms with Crippen LogP contribution in [-0.4, -0.2) is 66.6 Å². The highest BCUT2D eigenvalue weighted by Crippen LogP contribution is 2.28. The highest BCUT2D eigenvalue weighted by molar-refractivity contribution is 9.11. The van der Waals surface area contributed by atoms with Crippen LogP contribution in [0.3, 0.4) is 0 Å². The normalized spacial score (nSPS) is 12.7. The van der Waals surface area contributed by atoms with Gasteiger partial charge in [-0.1, -0.05) is 44.1 Å². The molecule has 2 amide bonds. The first kappa shape index (κ1) is 34.0. The Kier molecular flexibility index (Phi) is 14.3. The molecule has 0 aliphatic carbocycles. The lowest BCUT2D eigenvalue weighted by molar-refractivity contribution is -0.122. The summed E-state index contributed by atoms with van der Waals surface area (Å²) in [5, 5.41) is 20.6. The molecule has 40 heavy (non-hydrogen) atoms. The molecule has 2 unspecified atom stereocenters. The minimum absolute atomic E-state index is 0.0393. The smallest absolute Gasteiger partial charge is 0.446 e. The number of rotatable bonds is 17. The van der Waals surface area contributed by atoms with Gasteiger partial charge >= 0.3 is 10.4 Å². The predicted octanol–water partition coefficient (Wildman–Crippen LogP) is 3.77. The fraction of sp³-hybridized carbons (Fsp3) is 0.364. The maximum absolute atomic E-state index is 12.3. The molecule has 0 fully saturated rings. The van der Waals surface area contributed by atoms with E-state index < -0.39 is 34.3 Å². The molecular weight excluding hydrogens is 720 g/mol. The zero-order valence-electron chi connectivity index (χ0n) is 20.5. The standard InChI is InChI=1S/C22H24Br2N4O9S3/c23-15-9-13(1-3-19(15)29)11-17(27-32)21(30)25-5-7-38-39-8-6-26-22(31)18(28-33)12-14-2-4-20(16(24)10-14)37-40(34,35)36/h1-4,9-10,17-18,29H,5-8,11-12H2,(H,25,30)(H,26,31)(H,34,35,36). The summed E-state index contributed by atoms with van der Waals surface area (Å²) in [4.78, 5) is 46.9. The van der Waals surface area contributed by atoms with Crippen molar-refractivity contribution in [1.29, 1.82) is 0 Å². The fourth-order valence-corrected chi connectivity index (χ4v) is 6.34. The molecule has 218 valence electrons. The molecule has 18 heteroatoms. The lowest BCUT2D eigenvalue weighted by atomic mass is 10.1. The Morgan fingerprint density at radius 3 is 1.77 bits per heavy atom. The van der Waals surface area contributed by atoms with Gasteiger partial charge in [-0.25, -0.2) is 0 Å². The van der Waals surface area contributed by atoms with Crippen molar-refractivity contribution in [1.82, 2.24) is 10.6 Å². The molecule has 0 saturated carbocycles. The molecule has 0 spiro atoms. The Morgan fingerprint density at radius 1 is 0.875 bits per heavy atom. The number of nitroso groups, excluding NO2 is 2. The summed E-state index contributed by atoms with van der Waals surface area (Å²) in [6.07, 6.45) is 0.0554. The largest absolute Gasteiger partial charge is 0.507 e. The van der Waals surface area contributed by atoms with E-state index in [0.29, 0.717) is 33.7 Å². The number of aromatic hydroxyl groups is 1. The number of carbonyl (C=O) groups excluding carboxylic acids is 2. The Balaban J connectivity index is 1.65. The third-order valence-electron chi connectivity index (χ3n) is 4.97. The maximum Gasteiger partial charge on any atom is 0.446 e. The summed E-state index contributed by atoms with van der Waals surface area (Å²) < 4.78 is 35.5. The van der Waals surface area contributed by atoms with Gasteiger partial charge in [-0.05, 0) is 67.3 Å². The first-order valence-corrected chi connectivity index (χ1v) is 16.7. The molecular formula is C22H24Br2N4O9S3. The number of carbonyl (C=O) groups is 2. The number of nitrogens with zero attached hydrogens (tertiary/aromatic N) is 2. The summed E-state index contributed by atoms with van der Waals surface area (Å²) in [5.41, 5.74) is 1.17. The van der Waals surface area contributed by atoms with E-state index in [1.807, 2.05) is 0 Å². The maximum atomic E-state index is 12.3. The van der Waals surface area contributed by atoms with Crippen molar-refractivity contribution >= 4 is 75.7 Å². The van der Waals surface area contributed by atoms with E-state index in [1.54, 1.807) is 12.1 Å². The first-order valence-electron chi connectivity index (χ1n) is 11.3. The zero-order chi connectivity index (χ0) is 29.7. The van der Waals surface area contributed by atoms with Crippen LogP contribution in [0.2, 0.25) is 0 Å². The SMILES string of the molecule is O=NC(Cc1ccc(O)c(Br)c1)C(=O)NCCSSCCNC(=O)C(Cc1ccc(OS(=O)(=O)O)c(Br)c1)N=O. The summed E-state index contributed by atoms with van der Waals surface area (Å²) in [6, 6.07) is 6.49. The summed E-state index contributed by atoms with van der Waals surface area (Å²) in [5.74, 6) is -0.148. The van der Waals surface area contributed by atoms with E-state index in [-0.39, 0.29) is 35.4 Å². The van der Waals surface area contributed by atoms with Crippen molar-refractivity contribution in [3.05, 3.63) is 66.3 Å². The van der Waals surface area contributed by atoms with Gasteiger partial charge in [0.1, 0.15) is 5.75 Å². The molecule has 0 heterocycles. The van der Waals surface area contributed by atoms with Crippen molar-refractivity contribution in [2.24, 2.45) is 10.4 Å². The number of hydrogen-bond acceptors (Lipinski definition) is 12. The molecule has 0 radical (unpaired) electrons. The fourth-order valence-electron chi connectivity index (χ4n) is 3.12. The first-order chi connectivity index (χ1) is 18.9. The molecule has 2 atom stereocenters. The Bertz CT molecular complexity index is 1320. The summed E-state index contributed by atoms with van der Waals surface area (Å²) in [6.45, 7) is 0.563. The Labute approximate surface area is 254 Å². The van der Waals surface area contributed by atoms with Crippen LogP contribution >= 0.6 is 53.4 Å². The third-order valence-corrected chi connectivity index (χ3v) is 9.03. The number of hydrogen-bond donors (Lipinski definition) is 4. The third kappa shape index (κ3) is 12.1. The molecule has 0 aliphatic rings. The average molecular weight is 744 g/mol. The summed E-state index contributed by atoms with van der Waals surface area (Å²) >= 11 is 6.28. The highest BCUT2D eigenvalue weighted by Gasteiger charge is 2.21. The second-order valence-corrected chi connectivity index (χ2v) is 13.4. The van der Waals surface area contributed by atoms with Crippen LogP contribution in [-0.2, 0) is 32.8 Å². The van der Waals surface area contributed by atoms with Gasteiger partial charge in [-0.15, -0.1) is 9.81 Å². The van der Waals surface area contributed by atoms with Gasteiger partial charge in [0.05, 0.1) is 8.95 Å². The average Bonchev–Trinajstić information content (AvgIpc) is 2.89. The Morgan fingerprint density at radius 2 is 1.35 bits per heavy atom. The quantitative estimate of drug-likeness (QED) is 0.0796. The van der Waals surface area contributed by atoms with E-state index in [2.05, 4.69) is 57.0 Å². The molecule has 13 nitrogen and oxygen atoms in total. The van der Waals surface area contributed by atoms with Crippen LogP contribution < -0.4 is 14.8 Å². The molecule has 0 bridgehead atoms. The van der Waals surface area contributed by atoms with Crippen LogP contribution in [0.15, 0.2) is 55.7 Å². The van der Waals surface area contributed by atoms with Gasteiger partial charge in [0.15, 0.2) is 17.8 Å². The number of halogens is 2. The minimum atomic E-state index is -4.70. The molecule has 0 aromatic heterocycles.